The molecule has 0 radical (unpaired) electrons. The first-order valence-electron chi connectivity index (χ1n) is 6.73. The van der Waals surface area contributed by atoms with Crippen molar-refractivity contribution in [2.75, 3.05) is 13.2 Å². The summed E-state index contributed by atoms with van der Waals surface area (Å²) in [7, 11) is 0. The van der Waals surface area contributed by atoms with Gasteiger partial charge in [0.05, 0.1) is 17.3 Å². The maximum absolute atomic E-state index is 5.94. The molecule has 4 nitrogen and oxygen atoms in total. The molecule has 0 atom stereocenters. The van der Waals surface area contributed by atoms with Crippen LogP contribution < -0.4 is 15.2 Å². The fraction of sp³-hybridized carbons (Fsp3) is 0.400. The molecule has 2 N–H and O–H groups in total. The van der Waals surface area contributed by atoms with Crippen LogP contribution in [0.5, 0.6) is 11.5 Å². The third-order valence-corrected chi connectivity index (χ3v) is 3.63. The first-order valence-corrected chi connectivity index (χ1v) is 7.61. The Morgan fingerprint density at radius 1 is 1.30 bits per heavy atom. The summed E-state index contributed by atoms with van der Waals surface area (Å²) in [6, 6.07) is 5.91. The van der Waals surface area contributed by atoms with Crippen molar-refractivity contribution in [3.8, 4) is 11.5 Å². The van der Waals surface area contributed by atoms with Gasteiger partial charge in [-0.1, -0.05) is 12.1 Å². The molecule has 0 spiro atoms. The number of aromatic nitrogens is 1. The third-order valence-electron chi connectivity index (χ3n) is 2.80. The monoisotopic (exact) mass is 292 g/mol. The van der Waals surface area contributed by atoms with Crippen molar-refractivity contribution in [2.24, 2.45) is 5.73 Å². The van der Waals surface area contributed by atoms with Gasteiger partial charge in [-0.25, -0.2) is 4.98 Å². The van der Waals surface area contributed by atoms with Gasteiger partial charge in [0, 0.05) is 5.38 Å². The molecule has 1 aromatic heterocycles. The fourth-order valence-corrected chi connectivity index (χ4v) is 2.56. The summed E-state index contributed by atoms with van der Waals surface area (Å²) in [6.45, 7) is 5.59. The summed E-state index contributed by atoms with van der Waals surface area (Å²) < 4.78 is 11.6. The number of nitrogens with two attached hydrogens (primary N) is 1. The molecule has 0 aliphatic rings. The quantitative estimate of drug-likeness (QED) is 0.852. The molecular formula is C15H20N2O2S. The largest absolute Gasteiger partial charge is 0.490 e. The summed E-state index contributed by atoms with van der Waals surface area (Å²) in [5.41, 5.74) is 7.67. The van der Waals surface area contributed by atoms with E-state index >= 15 is 0 Å². The molecule has 0 aliphatic heterocycles. The second-order valence-corrected chi connectivity index (χ2v) is 5.42. The predicted molar refractivity (Wildman–Crippen MR) is 81.6 cm³/mol. The number of thiazole rings is 1. The van der Waals surface area contributed by atoms with Crippen LogP contribution in [0.4, 0.5) is 0 Å². The molecule has 0 fully saturated rings. The van der Waals surface area contributed by atoms with Crippen LogP contribution in [0.25, 0.3) is 0 Å². The number of hydrogen-bond donors (Lipinski definition) is 1. The molecule has 20 heavy (non-hydrogen) atoms. The minimum absolute atomic E-state index is 0.450. The van der Waals surface area contributed by atoms with Gasteiger partial charge in [-0.3, -0.25) is 0 Å². The zero-order valence-corrected chi connectivity index (χ0v) is 12.7. The number of benzene rings is 1. The van der Waals surface area contributed by atoms with Crippen LogP contribution in [0, 0.1) is 6.92 Å². The van der Waals surface area contributed by atoms with Gasteiger partial charge in [0.15, 0.2) is 11.5 Å². The average Bonchev–Trinajstić information content (AvgIpc) is 2.84. The van der Waals surface area contributed by atoms with Gasteiger partial charge in [-0.15, -0.1) is 11.3 Å². The van der Waals surface area contributed by atoms with Crippen molar-refractivity contribution < 1.29 is 9.47 Å². The first-order chi connectivity index (χ1) is 9.74. The van der Waals surface area contributed by atoms with Crippen LogP contribution in [0.1, 0.15) is 23.2 Å². The number of para-hydroxylation sites is 1. The summed E-state index contributed by atoms with van der Waals surface area (Å²) in [5.74, 6) is 1.55. The molecular weight excluding hydrogens is 272 g/mol. The normalized spacial score (nSPS) is 10.6. The van der Waals surface area contributed by atoms with Gasteiger partial charge in [0.25, 0.3) is 0 Å². The lowest BCUT2D eigenvalue weighted by atomic mass is 10.1. The summed E-state index contributed by atoms with van der Waals surface area (Å²) >= 11 is 1.63. The van der Waals surface area contributed by atoms with Crippen LogP contribution in [0.15, 0.2) is 23.6 Å². The van der Waals surface area contributed by atoms with E-state index in [0.29, 0.717) is 19.8 Å². The topological polar surface area (TPSA) is 57.4 Å². The van der Waals surface area contributed by atoms with E-state index in [-0.39, 0.29) is 0 Å². The van der Waals surface area contributed by atoms with Crippen molar-refractivity contribution in [2.45, 2.75) is 26.9 Å². The van der Waals surface area contributed by atoms with E-state index in [1.165, 1.54) is 0 Å². The Morgan fingerprint density at radius 2 is 2.15 bits per heavy atom. The van der Waals surface area contributed by atoms with Crippen LogP contribution in [-0.2, 0) is 13.0 Å². The highest BCUT2D eigenvalue weighted by Gasteiger charge is 2.11. The number of rotatable bonds is 7. The Bertz CT molecular complexity index is 530. The number of aryl methyl sites for hydroxylation is 1. The molecule has 0 bridgehead atoms. The lowest BCUT2D eigenvalue weighted by Gasteiger charge is -2.15. The van der Waals surface area contributed by atoms with E-state index in [2.05, 4.69) is 4.98 Å². The molecule has 1 heterocycles. The van der Waals surface area contributed by atoms with E-state index in [0.717, 1.165) is 34.2 Å². The first kappa shape index (κ1) is 14.8. The molecule has 5 heteroatoms. The number of ether oxygens (including phenoxy) is 2. The Kier molecular flexibility index (Phi) is 5.38. The SMILES string of the molecule is CCOc1cccc(CCN)c1OCc1csc(C)n1. The molecule has 108 valence electrons. The lowest BCUT2D eigenvalue weighted by molar-refractivity contribution is 0.264. The fourth-order valence-electron chi connectivity index (χ4n) is 1.97. The van der Waals surface area contributed by atoms with Gasteiger partial charge in [0.2, 0.25) is 0 Å². The van der Waals surface area contributed by atoms with E-state index in [9.17, 15) is 0 Å². The molecule has 0 saturated carbocycles. The zero-order chi connectivity index (χ0) is 14.4. The highest BCUT2D eigenvalue weighted by Crippen LogP contribution is 2.32. The second kappa shape index (κ2) is 7.26. The highest BCUT2D eigenvalue weighted by atomic mass is 32.1. The minimum atomic E-state index is 0.450. The zero-order valence-electron chi connectivity index (χ0n) is 11.9. The second-order valence-electron chi connectivity index (χ2n) is 4.36. The Balaban J connectivity index is 2.18. The van der Waals surface area contributed by atoms with E-state index < -0.39 is 0 Å². The Morgan fingerprint density at radius 3 is 2.80 bits per heavy atom. The maximum Gasteiger partial charge on any atom is 0.164 e. The van der Waals surface area contributed by atoms with Crippen LogP contribution in [0.3, 0.4) is 0 Å². The average molecular weight is 292 g/mol. The van der Waals surface area contributed by atoms with Crippen LogP contribution in [-0.4, -0.2) is 18.1 Å². The molecule has 0 aliphatic carbocycles. The minimum Gasteiger partial charge on any atom is -0.490 e. The van der Waals surface area contributed by atoms with E-state index in [4.69, 9.17) is 15.2 Å². The van der Waals surface area contributed by atoms with Crippen molar-refractivity contribution in [3.05, 3.63) is 39.8 Å². The van der Waals surface area contributed by atoms with Crippen molar-refractivity contribution in [1.29, 1.82) is 0 Å². The van der Waals surface area contributed by atoms with E-state index in [1.807, 2.05) is 37.4 Å². The van der Waals surface area contributed by atoms with Gasteiger partial charge in [-0.05, 0) is 38.4 Å². The van der Waals surface area contributed by atoms with E-state index in [1.54, 1.807) is 11.3 Å². The van der Waals surface area contributed by atoms with Gasteiger partial charge >= 0.3 is 0 Å². The molecule has 0 amide bonds. The molecule has 0 unspecified atom stereocenters. The predicted octanol–water partition coefficient (Wildman–Crippen LogP) is 2.93. The molecule has 2 rings (SSSR count). The lowest BCUT2D eigenvalue weighted by Crippen LogP contribution is -2.07. The van der Waals surface area contributed by atoms with Gasteiger partial charge in [-0.2, -0.15) is 0 Å². The van der Waals surface area contributed by atoms with Crippen molar-refractivity contribution in [3.63, 3.8) is 0 Å². The Labute approximate surface area is 123 Å². The summed E-state index contributed by atoms with van der Waals surface area (Å²) in [4.78, 5) is 4.41. The van der Waals surface area contributed by atoms with Gasteiger partial charge in [0.1, 0.15) is 6.61 Å². The smallest absolute Gasteiger partial charge is 0.164 e. The molecule has 1 aromatic carbocycles. The molecule has 2 aromatic rings. The number of nitrogens with zero attached hydrogens (tertiary/aromatic N) is 1. The standard InChI is InChI=1S/C15H20N2O2S/c1-3-18-14-6-4-5-12(7-8-16)15(14)19-9-13-10-20-11(2)17-13/h4-6,10H,3,7-9,16H2,1-2H3. The summed E-state index contributed by atoms with van der Waals surface area (Å²) in [6.07, 6.45) is 0.770. The molecule has 0 saturated heterocycles. The third kappa shape index (κ3) is 3.71. The number of hydrogen-bond acceptors (Lipinski definition) is 5. The van der Waals surface area contributed by atoms with Crippen molar-refractivity contribution in [1.82, 2.24) is 4.98 Å². The maximum atomic E-state index is 5.94. The Hall–Kier alpha value is -1.59. The van der Waals surface area contributed by atoms with Gasteiger partial charge < -0.3 is 15.2 Å². The van der Waals surface area contributed by atoms with Crippen LogP contribution in [0.2, 0.25) is 0 Å². The summed E-state index contributed by atoms with van der Waals surface area (Å²) in [5, 5.41) is 3.06. The highest BCUT2D eigenvalue weighted by molar-refractivity contribution is 7.09. The van der Waals surface area contributed by atoms with Crippen LogP contribution >= 0.6 is 11.3 Å². The van der Waals surface area contributed by atoms with Crippen molar-refractivity contribution >= 4 is 11.3 Å².